The second kappa shape index (κ2) is 5.41. The van der Waals surface area contributed by atoms with Crippen molar-refractivity contribution >= 4 is 21.6 Å². The van der Waals surface area contributed by atoms with Crippen LogP contribution < -0.4 is 5.56 Å². The van der Waals surface area contributed by atoms with Gasteiger partial charge in [-0.25, -0.2) is 0 Å². The van der Waals surface area contributed by atoms with Gasteiger partial charge in [-0.3, -0.25) is 4.79 Å². The summed E-state index contributed by atoms with van der Waals surface area (Å²) in [7, 11) is 0. The Kier molecular flexibility index (Phi) is 3.24. The van der Waals surface area contributed by atoms with Crippen LogP contribution in [-0.4, -0.2) is 10.1 Å². The van der Waals surface area contributed by atoms with Crippen molar-refractivity contribution in [2.75, 3.05) is 0 Å². The first-order chi connectivity index (χ1) is 11.3. The van der Waals surface area contributed by atoms with E-state index in [1.165, 1.54) is 11.3 Å². The van der Waals surface area contributed by atoms with Gasteiger partial charge in [0.15, 0.2) is 0 Å². The van der Waals surface area contributed by atoms with Crippen LogP contribution in [-0.2, 0) is 0 Å². The van der Waals surface area contributed by atoms with Crippen LogP contribution in [0.25, 0.3) is 32.5 Å². The van der Waals surface area contributed by atoms with Crippen molar-refractivity contribution in [3.8, 4) is 28.0 Å². The van der Waals surface area contributed by atoms with Crippen LogP contribution in [0.4, 0.5) is 0 Å². The van der Waals surface area contributed by atoms with Gasteiger partial charge < -0.3 is 10.1 Å². The second-order valence-corrected chi connectivity index (χ2v) is 6.14. The molecule has 0 amide bonds. The topological polar surface area (TPSA) is 53.1 Å². The summed E-state index contributed by atoms with van der Waals surface area (Å²) in [6, 6.07) is 19.1. The van der Waals surface area contributed by atoms with Crippen molar-refractivity contribution in [1.82, 2.24) is 4.98 Å². The number of rotatable bonds is 2. The van der Waals surface area contributed by atoms with Crippen LogP contribution in [0.1, 0.15) is 0 Å². The highest BCUT2D eigenvalue weighted by Crippen LogP contribution is 2.41. The molecule has 0 saturated carbocycles. The molecule has 2 heterocycles. The quantitative estimate of drug-likeness (QED) is 0.566. The van der Waals surface area contributed by atoms with Gasteiger partial charge in [-0.2, -0.15) is 0 Å². The van der Waals surface area contributed by atoms with Crippen LogP contribution >= 0.6 is 11.3 Å². The molecule has 0 atom stereocenters. The van der Waals surface area contributed by atoms with E-state index in [1.54, 1.807) is 0 Å². The minimum absolute atomic E-state index is 0.0371. The Morgan fingerprint density at radius 2 is 1.48 bits per heavy atom. The minimum Gasteiger partial charge on any atom is -0.506 e. The van der Waals surface area contributed by atoms with E-state index in [9.17, 15) is 9.90 Å². The standard InChI is InChI=1S/C19H13NO2S/c21-17-15(13-9-5-2-6-10-13)18(22)20-19-16(17)14(11-23-19)12-7-3-1-4-8-12/h1-11H,(H2,20,21,22). The van der Waals surface area contributed by atoms with E-state index in [2.05, 4.69) is 4.98 Å². The smallest absolute Gasteiger partial charge is 0.260 e. The van der Waals surface area contributed by atoms with Gasteiger partial charge in [0.25, 0.3) is 5.56 Å². The summed E-state index contributed by atoms with van der Waals surface area (Å²) < 4.78 is 0. The maximum atomic E-state index is 12.4. The highest BCUT2D eigenvalue weighted by Gasteiger charge is 2.18. The molecule has 0 aliphatic carbocycles. The van der Waals surface area contributed by atoms with Crippen LogP contribution in [0, 0.1) is 0 Å². The monoisotopic (exact) mass is 319 g/mol. The van der Waals surface area contributed by atoms with Gasteiger partial charge in [0.2, 0.25) is 0 Å². The zero-order valence-corrected chi connectivity index (χ0v) is 12.9. The summed E-state index contributed by atoms with van der Waals surface area (Å²) in [5.74, 6) is 0.0371. The van der Waals surface area contributed by atoms with Crippen molar-refractivity contribution in [1.29, 1.82) is 0 Å². The first-order valence-electron chi connectivity index (χ1n) is 7.23. The zero-order valence-electron chi connectivity index (χ0n) is 12.1. The van der Waals surface area contributed by atoms with E-state index < -0.39 is 0 Å². The van der Waals surface area contributed by atoms with Crippen LogP contribution in [0.5, 0.6) is 5.75 Å². The van der Waals surface area contributed by atoms with E-state index in [0.29, 0.717) is 21.3 Å². The number of pyridine rings is 1. The maximum absolute atomic E-state index is 12.4. The Labute approximate surface area is 136 Å². The van der Waals surface area contributed by atoms with Crippen molar-refractivity contribution in [3.05, 3.63) is 76.4 Å². The number of thiophene rings is 1. The molecule has 2 N–H and O–H groups in total. The molecule has 0 aliphatic heterocycles. The van der Waals surface area contributed by atoms with Crippen molar-refractivity contribution in [3.63, 3.8) is 0 Å². The first kappa shape index (κ1) is 13.8. The first-order valence-corrected chi connectivity index (χ1v) is 8.11. The van der Waals surface area contributed by atoms with E-state index in [1.807, 2.05) is 66.0 Å². The Morgan fingerprint density at radius 1 is 0.870 bits per heavy atom. The van der Waals surface area contributed by atoms with Crippen LogP contribution in [0.15, 0.2) is 70.8 Å². The molecule has 2 aromatic carbocycles. The fraction of sp³-hybridized carbons (Fsp3) is 0. The number of hydrogen-bond acceptors (Lipinski definition) is 3. The van der Waals surface area contributed by atoms with Crippen LogP contribution in [0.3, 0.4) is 0 Å². The molecule has 3 nitrogen and oxygen atoms in total. The third-order valence-electron chi connectivity index (χ3n) is 3.87. The number of hydrogen-bond donors (Lipinski definition) is 2. The summed E-state index contributed by atoms with van der Waals surface area (Å²) in [6.07, 6.45) is 0. The molecule has 0 radical (unpaired) electrons. The summed E-state index contributed by atoms with van der Waals surface area (Å²) in [5, 5.41) is 13.5. The predicted octanol–water partition coefficient (Wildman–Crippen LogP) is 4.63. The lowest BCUT2D eigenvalue weighted by atomic mass is 10.0. The lowest BCUT2D eigenvalue weighted by Crippen LogP contribution is -2.08. The van der Waals surface area contributed by atoms with Crippen molar-refractivity contribution < 1.29 is 5.11 Å². The molecule has 4 aromatic rings. The SMILES string of the molecule is O=c1[nH]c2scc(-c3ccccc3)c2c(O)c1-c1ccccc1. The molecular weight excluding hydrogens is 306 g/mol. The number of benzene rings is 2. The zero-order chi connectivity index (χ0) is 15.8. The van der Waals surface area contributed by atoms with Crippen LogP contribution in [0.2, 0.25) is 0 Å². The van der Waals surface area contributed by atoms with E-state index >= 15 is 0 Å². The van der Waals surface area contributed by atoms with Gasteiger partial charge in [0.05, 0.1) is 10.9 Å². The molecule has 112 valence electrons. The van der Waals surface area contributed by atoms with Gasteiger partial charge in [0, 0.05) is 10.9 Å². The molecule has 2 aromatic heterocycles. The van der Waals surface area contributed by atoms with E-state index in [-0.39, 0.29) is 11.3 Å². The maximum Gasteiger partial charge on any atom is 0.260 e. The Bertz CT molecular complexity index is 1030. The highest BCUT2D eigenvalue weighted by atomic mass is 32.1. The molecular formula is C19H13NO2S. The molecule has 0 bridgehead atoms. The van der Waals surface area contributed by atoms with Crippen molar-refractivity contribution in [2.45, 2.75) is 0 Å². The number of fused-ring (bicyclic) bond motifs is 1. The fourth-order valence-electron chi connectivity index (χ4n) is 2.79. The Hall–Kier alpha value is -2.85. The summed E-state index contributed by atoms with van der Waals surface area (Å²) >= 11 is 1.43. The second-order valence-electron chi connectivity index (χ2n) is 5.26. The van der Waals surface area contributed by atoms with Crippen molar-refractivity contribution in [2.24, 2.45) is 0 Å². The average Bonchev–Trinajstić information content (AvgIpc) is 3.00. The number of nitrogens with one attached hydrogen (secondary N) is 1. The molecule has 0 spiro atoms. The normalized spacial score (nSPS) is 11.0. The minimum atomic E-state index is -0.275. The largest absolute Gasteiger partial charge is 0.506 e. The predicted molar refractivity (Wildman–Crippen MR) is 95.0 cm³/mol. The van der Waals surface area contributed by atoms with Gasteiger partial charge in [-0.1, -0.05) is 60.7 Å². The van der Waals surface area contributed by atoms with E-state index in [4.69, 9.17) is 0 Å². The highest BCUT2D eigenvalue weighted by molar-refractivity contribution is 7.17. The lowest BCUT2D eigenvalue weighted by molar-refractivity contribution is 0.483. The van der Waals surface area contributed by atoms with Gasteiger partial charge in [0.1, 0.15) is 10.6 Å². The third-order valence-corrected chi connectivity index (χ3v) is 4.76. The lowest BCUT2D eigenvalue weighted by Gasteiger charge is -2.07. The number of H-pyrrole nitrogens is 1. The number of aromatic hydroxyl groups is 1. The number of aromatic nitrogens is 1. The van der Waals surface area contributed by atoms with Gasteiger partial charge >= 0.3 is 0 Å². The molecule has 4 rings (SSSR count). The Balaban J connectivity index is 2.06. The molecule has 0 fully saturated rings. The van der Waals surface area contributed by atoms with Gasteiger partial charge in [-0.15, -0.1) is 11.3 Å². The third kappa shape index (κ3) is 2.24. The molecule has 0 unspecified atom stereocenters. The number of aromatic amines is 1. The fourth-order valence-corrected chi connectivity index (χ4v) is 3.75. The Morgan fingerprint density at radius 3 is 2.13 bits per heavy atom. The summed E-state index contributed by atoms with van der Waals surface area (Å²) in [6.45, 7) is 0. The summed E-state index contributed by atoms with van der Waals surface area (Å²) in [4.78, 5) is 16.0. The molecule has 4 heteroatoms. The average molecular weight is 319 g/mol. The molecule has 0 aliphatic rings. The molecule has 0 saturated heterocycles. The van der Waals surface area contributed by atoms with E-state index in [0.717, 1.165) is 11.1 Å². The van der Waals surface area contributed by atoms with Gasteiger partial charge in [-0.05, 0) is 11.1 Å². The molecule has 23 heavy (non-hydrogen) atoms. The summed E-state index contributed by atoms with van der Waals surface area (Å²) in [5.41, 5.74) is 2.69.